The predicted octanol–water partition coefficient (Wildman–Crippen LogP) is 3.33. The van der Waals surface area contributed by atoms with Crippen LogP contribution in [0.4, 0.5) is 5.69 Å². The quantitative estimate of drug-likeness (QED) is 0.780. The second-order valence-corrected chi connectivity index (χ2v) is 4.88. The lowest BCUT2D eigenvalue weighted by molar-refractivity contribution is 1.04. The third-order valence-corrected chi connectivity index (χ3v) is 3.19. The summed E-state index contributed by atoms with van der Waals surface area (Å²) in [6.07, 6.45) is 3.62. The molecule has 2 N–H and O–H groups in total. The Morgan fingerprint density at radius 3 is 2.94 bits per heavy atom. The van der Waals surface area contributed by atoms with Crippen molar-refractivity contribution in [3.63, 3.8) is 0 Å². The molecule has 2 aromatic heterocycles. The number of hydrogen-bond donors (Lipinski definition) is 2. The summed E-state index contributed by atoms with van der Waals surface area (Å²) < 4.78 is 0.988. The fraction of sp³-hybridized carbons (Fsp3) is 0.0769. The number of pyridine rings is 1. The van der Waals surface area contributed by atoms with E-state index in [-0.39, 0.29) is 0 Å². The van der Waals surface area contributed by atoms with Crippen LogP contribution < -0.4 is 5.32 Å². The average molecular weight is 303 g/mol. The number of benzene rings is 1. The van der Waals surface area contributed by atoms with Crippen LogP contribution in [0.1, 0.15) is 5.69 Å². The number of H-pyrrole nitrogens is 1. The van der Waals surface area contributed by atoms with Gasteiger partial charge in [-0.05, 0) is 34.1 Å². The zero-order chi connectivity index (χ0) is 12.4. The van der Waals surface area contributed by atoms with Crippen molar-refractivity contribution in [1.82, 2.24) is 15.2 Å². The Morgan fingerprint density at radius 1 is 1.17 bits per heavy atom. The summed E-state index contributed by atoms with van der Waals surface area (Å²) in [5.41, 5.74) is 3.05. The molecule has 0 aliphatic heterocycles. The highest BCUT2D eigenvalue weighted by Gasteiger charge is 2.02. The molecule has 1 aromatic carbocycles. The van der Waals surface area contributed by atoms with Crippen molar-refractivity contribution < 1.29 is 0 Å². The van der Waals surface area contributed by atoms with Crippen LogP contribution in [0.25, 0.3) is 10.9 Å². The molecular formula is C13H11BrN4. The highest BCUT2D eigenvalue weighted by molar-refractivity contribution is 9.10. The van der Waals surface area contributed by atoms with Crippen molar-refractivity contribution >= 4 is 32.5 Å². The van der Waals surface area contributed by atoms with Gasteiger partial charge in [0.2, 0.25) is 0 Å². The van der Waals surface area contributed by atoms with Crippen LogP contribution in [0.15, 0.2) is 47.2 Å². The summed E-state index contributed by atoms with van der Waals surface area (Å²) in [7, 11) is 0. The first-order chi connectivity index (χ1) is 8.83. The Kier molecular flexibility index (Phi) is 2.98. The molecule has 0 bridgehead atoms. The monoisotopic (exact) mass is 302 g/mol. The molecule has 0 spiro atoms. The predicted molar refractivity (Wildman–Crippen MR) is 75.4 cm³/mol. The Balaban J connectivity index is 1.80. The van der Waals surface area contributed by atoms with Gasteiger partial charge >= 0.3 is 0 Å². The van der Waals surface area contributed by atoms with E-state index in [1.807, 2.05) is 36.5 Å². The van der Waals surface area contributed by atoms with E-state index in [1.54, 1.807) is 6.20 Å². The molecule has 3 aromatic rings. The number of rotatable bonds is 3. The summed E-state index contributed by atoms with van der Waals surface area (Å²) in [5.74, 6) is 0. The normalized spacial score (nSPS) is 10.7. The summed E-state index contributed by atoms with van der Waals surface area (Å²) in [6.45, 7) is 0.686. The molecule has 90 valence electrons. The van der Waals surface area contributed by atoms with Gasteiger partial charge in [0.25, 0.3) is 0 Å². The number of anilines is 1. The van der Waals surface area contributed by atoms with Crippen LogP contribution in [0.5, 0.6) is 0 Å². The summed E-state index contributed by atoms with van der Waals surface area (Å²) in [4.78, 5) is 4.33. The maximum atomic E-state index is 4.33. The number of aromatic amines is 1. The van der Waals surface area contributed by atoms with Crippen LogP contribution >= 0.6 is 15.9 Å². The van der Waals surface area contributed by atoms with Gasteiger partial charge in [-0.25, -0.2) is 0 Å². The Morgan fingerprint density at radius 2 is 2.11 bits per heavy atom. The average Bonchev–Trinajstić information content (AvgIpc) is 2.87. The standard InChI is InChI=1S/C13H11BrN4/c14-10-4-5-11(15-7-10)8-16-12-3-1-2-9-6-17-18-13(9)12/h1-7,16H,8H2,(H,17,18). The third kappa shape index (κ3) is 2.22. The molecule has 0 fully saturated rings. The van der Waals surface area contributed by atoms with E-state index in [9.17, 15) is 0 Å². The van der Waals surface area contributed by atoms with Crippen LogP contribution in [0.3, 0.4) is 0 Å². The second-order valence-electron chi connectivity index (χ2n) is 3.96. The molecule has 0 aliphatic carbocycles. The topological polar surface area (TPSA) is 53.6 Å². The van der Waals surface area contributed by atoms with Gasteiger partial charge in [-0.3, -0.25) is 10.1 Å². The number of nitrogens with zero attached hydrogens (tertiary/aromatic N) is 2. The fourth-order valence-corrected chi connectivity index (χ4v) is 2.05. The third-order valence-electron chi connectivity index (χ3n) is 2.73. The highest BCUT2D eigenvalue weighted by Crippen LogP contribution is 2.20. The molecule has 5 heteroatoms. The smallest absolute Gasteiger partial charge is 0.0881 e. The molecule has 0 radical (unpaired) electrons. The highest BCUT2D eigenvalue weighted by atomic mass is 79.9. The summed E-state index contributed by atoms with van der Waals surface area (Å²) in [5, 5.41) is 11.5. The van der Waals surface area contributed by atoms with Crippen molar-refractivity contribution in [3.05, 3.63) is 52.9 Å². The first-order valence-electron chi connectivity index (χ1n) is 5.59. The van der Waals surface area contributed by atoms with E-state index in [2.05, 4.69) is 36.4 Å². The number of nitrogens with one attached hydrogen (secondary N) is 2. The molecule has 3 rings (SSSR count). The zero-order valence-electron chi connectivity index (χ0n) is 9.52. The van der Waals surface area contributed by atoms with Gasteiger partial charge in [0.05, 0.1) is 29.6 Å². The van der Waals surface area contributed by atoms with E-state index >= 15 is 0 Å². The molecule has 0 saturated carbocycles. The van der Waals surface area contributed by atoms with Crippen LogP contribution in [-0.4, -0.2) is 15.2 Å². The van der Waals surface area contributed by atoms with Gasteiger partial charge < -0.3 is 5.32 Å². The first-order valence-corrected chi connectivity index (χ1v) is 6.38. The zero-order valence-corrected chi connectivity index (χ0v) is 11.1. The van der Waals surface area contributed by atoms with Gasteiger partial charge in [0.15, 0.2) is 0 Å². The number of para-hydroxylation sites is 1. The van der Waals surface area contributed by atoms with E-state index in [1.165, 1.54) is 0 Å². The lowest BCUT2D eigenvalue weighted by atomic mass is 10.2. The lowest BCUT2D eigenvalue weighted by Crippen LogP contribution is -2.01. The minimum Gasteiger partial charge on any atom is -0.378 e. The van der Waals surface area contributed by atoms with Crippen LogP contribution in [0, 0.1) is 0 Å². The Hall–Kier alpha value is -1.88. The molecule has 0 aliphatic rings. The minimum absolute atomic E-state index is 0.686. The molecule has 0 amide bonds. The SMILES string of the molecule is Brc1ccc(CNc2cccc3cn[nH]c23)nc1. The lowest BCUT2D eigenvalue weighted by Gasteiger charge is -2.06. The number of aromatic nitrogens is 3. The van der Waals surface area contributed by atoms with Crippen molar-refractivity contribution in [2.45, 2.75) is 6.54 Å². The van der Waals surface area contributed by atoms with E-state index < -0.39 is 0 Å². The van der Waals surface area contributed by atoms with Gasteiger partial charge in [-0.1, -0.05) is 12.1 Å². The van der Waals surface area contributed by atoms with Gasteiger partial charge in [0.1, 0.15) is 0 Å². The van der Waals surface area contributed by atoms with Gasteiger partial charge in [-0.2, -0.15) is 5.10 Å². The number of fused-ring (bicyclic) bond motifs is 1. The maximum absolute atomic E-state index is 4.33. The molecule has 2 heterocycles. The van der Waals surface area contributed by atoms with Crippen molar-refractivity contribution in [3.8, 4) is 0 Å². The number of halogens is 1. The number of hydrogen-bond acceptors (Lipinski definition) is 3. The fourth-order valence-electron chi connectivity index (χ4n) is 1.81. The molecule has 0 atom stereocenters. The van der Waals surface area contributed by atoms with Gasteiger partial charge in [0, 0.05) is 16.1 Å². The van der Waals surface area contributed by atoms with E-state index in [4.69, 9.17) is 0 Å². The first kappa shape index (κ1) is 11.2. The largest absolute Gasteiger partial charge is 0.378 e. The maximum Gasteiger partial charge on any atom is 0.0881 e. The molecule has 0 unspecified atom stereocenters. The van der Waals surface area contributed by atoms with Crippen LogP contribution in [-0.2, 0) is 6.54 Å². The Bertz CT molecular complexity index is 660. The van der Waals surface area contributed by atoms with Gasteiger partial charge in [-0.15, -0.1) is 0 Å². The van der Waals surface area contributed by atoms with E-state index in [0.717, 1.165) is 26.8 Å². The van der Waals surface area contributed by atoms with Crippen molar-refractivity contribution in [1.29, 1.82) is 0 Å². The summed E-state index contributed by atoms with van der Waals surface area (Å²) >= 11 is 3.37. The van der Waals surface area contributed by atoms with Crippen LogP contribution in [0.2, 0.25) is 0 Å². The second kappa shape index (κ2) is 4.78. The molecule has 18 heavy (non-hydrogen) atoms. The Labute approximate surface area is 113 Å². The summed E-state index contributed by atoms with van der Waals surface area (Å²) in [6, 6.07) is 10.0. The van der Waals surface area contributed by atoms with Crippen molar-refractivity contribution in [2.75, 3.05) is 5.32 Å². The molecular weight excluding hydrogens is 292 g/mol. The minimum atomic E-state index is 0.686. The van der Waals surface area contributed by atoms with E-state index in [0.29, 0.717) is 6.54 Å². The van der Waals surface area contributed by atoms with Crippen molar-refractivity contribution in [2.24, 2.45) is 0 Å². The molecule has 0 saturated heterocycles. The molecule has 4 nitrogen and oxygen atoms in total.